The van der Waals surface area contributed by atoms with Crippen LogP contribution in [-0.2, 0) is 11.2 Å². The van der Waals surface area contributed by atoms with Gasteiger partial charge in [0.15, 0.2) is 0 Å². The number of likely N-dealkylation sites (tertiary alicyclic amines) is 1. The largest absolute Gasteiger partial charge is 0.389 e. The van der Waals surface area contributed by atoms with Gasteiger partial charge in [0.1, 0.15) is 0 Å². The van der Waals surface area contributed by atoms with Crippen molar-refractivity contribution in [2.24, 2.45) is 0 Å². The minimum atomic E-state index is -1.05. The Morgan fingerprint density at radius 1 is 1.39 bits per heavy atom. The second-order valence-corrected chi connectivity index (χ2v) is 7.14. The van der Waals surface area contributed by atoms with Crippen molar-refractivity contribution in [2.75, 3.05) is 31.1 Å². The van der Waals surface area contributed by atoms with Gasteiger partial charge in [0.25, 0.3) is 0 Å². The van der Waals surface area contributed by atoms with Gasteiger partial charge in [-0.2, -0.15) is 0 Å². The Hall–Kier alpha value is -1.43. The molecule has 1 amide bonds. The topological polar surface area (TPSA) is 64.0 Å². The molecule has 5 heteroatoms. The molecule has 2 aliphatic rings. The lowest BCUT2D eigenvalue weighted by Crippen LogP contribution is -2.55. The van der Waals surface area contributed by atoms with Crippen molar-refractivity contribution in [1.82, 2.24) is 4.90 Å². The number of aliphatic hydroxyl groups is 2. The molecule has 0 bridgehead atoms. The van der Waals surface area contributed by atoms with Crippen molar-refractivity contribution in [2.45, 2.75) is 44.8 Å². The van der Waals surface area contributed by atoms with Crippen LogP contribution in [0.3, 0.4) is 0 Å². The number of carbonyl (C=O) groups excluding carboxylic acids is 1. The van der Waals surface area contributed by atoms with Crippen molar-refractivity contribution < 1.29 is 15.0 Å². The first kappa shape index (κ1) is 16.4. The molecule has 1 aromatic rings. The van der Waals surface area contributed by atoms with Gasteiger partial charge in [-0.05, 0) is 44.7 Å². The van der Waals surface area contributed by atoms with Gasteiger partial charge in [0, 0.05) is 25.3 Å². The average Bonchev–Trinajstić information content (AvgIpc) is 2.50. The third-order valence-corrected chi connectivity index (χ3v) is 5.10. The summed E-state index contributed by atoms with van der Waals surface area (Å²) in [5.74, 6) is 0.0727. The molecule has 0 aromatic heterocycles. The molecule has 0 aliphatic carbocycles. The molecule has 2 heterocycles. The monoisotopic (exact) mass is 318 g/mol. The van der Waals surface area contributed by atoms with E-state index in [4.69, 9.17) is 0 Å². The average molecular weight is 318 g/mol. The van der Waals surface area contributed by atoms with Crippen LogP contribution in [-0.4, -0.2) is 58.9 Å². The number of piperidine rings is 1. The predicted molar refractivity (Wildman–Crippen MR) is 89.5 cm³/mol. The number of aliphatic hydroxyl groups excluding tert-OH is 1. The maximum Gasteiger partial charge on any atom is 0.241 e. The molecule has 0 radical (unpaired) electrons. The van der Waals surface area contributed by atoms with Crippen LogP contribution in [0.2, 0.25) is 0 Å². The SMILES string of the molecule is Cc1ccc2c(c1)CCCN2C(=O)CN1CC[C@@](C)(O)[C@@H](O)C1. The van der Waals surface area contributed by atoms with Crippen LogP contribution in [0.15, 0.2) is 18.2 Å². The number of hydrogen-bond donors (Lipinski definition) is 2. The highest BCUT2D eigenvalue weighted by Gasteiger charge is 2.37. The van der Waals surface area contributed by atoms with Gasteiger partial charge in [-0.25, -0.2) is 0 Å². The Labute approximate surface area is 137 Å². The number of amides is 1. The molecule has 1 fully saturated rings. The van der Waals surface area contributed by atoms with Gasteiger partial charge in [0.05, 0.1) is 18.2 Å². The lowest BCUT2D eigenvalue weighted by atomic mass is 9.91. The van der Waals surface area contributed by atoms with Crippen LogP contribution >= 0.6 is 0 Å². The van der Waals surface area contributed by atoms with Crippen molar-refractivity contribution in [3.63, 3.8) is 0 Å². The first-order chi connectivity index (χ1) is 10.9. The third-order valence-electron chi connectivity index (χ3n) is 5.10. The number of β-amino-alcohol motifs (C(OH)–C–C–N with tert-alkyl or cyclic N) is 1. The molecule has 23 heavy (non-hydrogen) atoms. The Morgan fingerprint density at radius 3 is 2.91 bits per heavy atom. The molecule has 2 atom stereocenters. The summed E-state index contributed by atoms with van der Waals surface area (Å²) in [5.41, 5.74) is 2.44. The fourth-order valence-electron chi connectivity index (χ4n) is 3.49. The minimum absolute atomic E-state index is 0.0727. The number of carbonyl (C=O) groups is 1. The van der Waals surface area contributed by atoms with Gasteiger partial charge in [-0.1, -0.05) is 17.7 Å². The Kier molecular flexibility index (Phi) is 4.45. The van der Waals surface area contributed by atoms with E-state index in [1.54, 1.807) is 6.92 Å². The number of anilines is 1. The van der Waals surface area contributed by atoms with Gasteiger partial charge in [-0.15, -0.1) is 0 Å². The first-order valence-corrected chi connectivity index (χ1v) is 8.39. The molecule has 0 unspecified atom stereocenters. The minimum Gasteiger partial charge on any atom is -0.389 e. The van der Waals surface area contributed by atoms with Crippen LogP contribution in [0, 0.1) is 6.92 Å². The van der Waals surface area contributed by atoms with Crippen molar-refractivity contribution in [3.8, 4) is 0 Å². The number of rotatable bonds is 2. The van der Waals surface area contributed by atoms with E-state index in [1.807, 2.05) is 21.9 Å². The fourth-order valence-corrected chi connectivity index (χ4v) is 3.49. The van der Waals surface area contributed by atoms with E-state index in [9.17, 15) is 15.0 Å². The van der Waals surface area contributed by atoms with Gasteiger partial charge in [0.2, 0.25) is 5.91 Å². The molecule has 2 aliphatic heterocycles. The summed E-state index contributed by atoms with van der Waals surface area (Å²) in [7, 11) is 0. The second-order valence-electron chi connectivity index (χ2n) is 7.14. The zero-order valence-corrected chi connectivity index (χ0v) is 14.0. The van der Waals surface area contributed by atoms with Crippen molar-refractivity contribution in [1.29, 1.82) is 0 Å². The number of nitrogens with zero attached hydrogens (tertiary/aromatic N) is 2. The van der Waals surface area contributed by atoms with Gasteiger partial charge < -0.3 is 15.1 Å². The van der Waals surface area contributed by atoms with Crippen LogP contribution in [0.25, 0.3) is 0 Å². The van der Waals surface area contributed by atoms with E-state index in [0.29, 0.717) is 26.1 Å². The Morgan fingerprint density at radius 2 is 2.17 bits per heavy atom. The Balaban J connectivity index is 1.68. The summed E-state index contributed by atoms with van der Waals surface area (Å²) in [4.78, 5) is 16.5. The van der Waals surface area contributed by atoms with E-state index in [-0.39, 0.29) is 5.91 Å². The van der Waals surface area contributed by atoms with E-state index >= 15 is 0 Å². The number of benzene rings is 1. The molecule has 1 saturated heterocycles. The first-order valence-electron chi connectivity index (χ1n) is 8.39. The summed E-state index contributed by atoms with van der Waals surface area (Å²) in [6.07, 6.45) is 1.68. The molecule has 5 nitrogen and oxygen atoms in total. The van der Waals surface area contributed by atoms with Gasteiger partial charge >= 0.3 is 0 Å². The summed E-state index contributed by atoms with van der Waals surface area (Å²) >= 11 is 0. The standard InChI is InChI=1S/C18H26N2O3/c1-13-5-6-15-14(10-13)4-3-8-20(15)17(22)12-19-9-7-18(2,23)16(21)11-19/h5-6,10,16,21,23H,3-4,7-9,11-12H2,1-2H3/t16-,18+/m0/s1. The maximum absolute atomic E-state index is 12.7. The summed E-state index contributed by atoms with van der Waals surface area (Å²) < 4.78 is 0. The number of hydrogen-bond acceptors (Lipinski definition) is 4. The van der Waals surface area contributed by atoms with Crippen LogP contribution in [0.1, 0.15) is 30.9 Å². The zero-order chi connectivity index (χ0) is 16.6. The van der Waals surface area contributed by atoms with Crippen molar-refractivity contribution in [3.05, 3.63) is 29.3 Å². The quantitative estimate of drug-likeness (QED) is 0.857. The molecule has 2 N–H and O–H groups in total. The summed E-state index contributed by atoms with van der Waals surface area (Å²) in [6, 6.07) is 6.25. The van der Waals surface area contributed by atoms with Crippen LogP contribution in [0.5, 0.6) is 0 Å². The highest BCUT2D eigenvalue weighted by atomic mass is 16.3. The van der Waals surface area contributed by atoms with E-state index in [0.717, 1.165) is 25.1 Å². The summed E-state index contributed by atoms with van der Waals surface area (Å²) in [6.45, 7) is 5.74. The predicted octanol–water partition coefficient (Wildman–Crippen LogP) is 1.09. The fraction of sp³-hybridized carbons (Fsp3) is 0.611. The number of aryl methyl sites for hydroxylation is 2. The molecule has 126 valence electrons. The lowest BCUT2D eigenvalue weighted by Gasteiger charge is -2.40. The molecule has 3 rings (SSSR count). The Bertz CT molecular complexity index is 600. The normalized spacial score (nSPS) is 28.5. The third kappa shape index (κ3) is 3.42. The molecule has 0 spiro atoms. The van der Waals surface area contributed by atoms with E-state index < -0.39 is 11.7 Å². The highest BCUT2D eigenvalue weighted by Crippen LogP contribution is 2.28. The van der Waals surface area contributed by atoms with Crippen LogP contribution < -0.4 is 4.90 Å². The smallest absolute Gasteiger partial charge is 0.241 e. The molecular weight excluding hydrogens is 292 g/mol. The van der Waals surface area contributed by atoms with Gasteiger partial charge in [-0.3, -0.25) is 9.69 Å². The summed E-state index contributed by atoms with van der Waals surface area (Å²) in [5, 5.41) is 20.0. The van der Waals surface area contributed by atoms with Crippen LogP contribution in [0.4, 0.5) is 5.69 Å². The van der Waals surface area contributed by atoms with E-state index in [1.165, 1.54) is 11.1 Å². The highest BCUT2D eigenvalue weighted by molar-refractivity contribution is 5.96. The lowest BCUT2D eigenvalue weighted by molar-refractivity contribution is -0.127. The number of fused-ring (bicyclic) bond motifs is 1. The zero-order valence-electron chi connectivity index (χ0n) is 14.0. The molecular formula is C18H26N2O3. The second kappa shape index (κ2) is 6.23. The van der Waals surface area contributed by atoms with E-state index in [2.05, 4.69) is 13.0 Å². The van der Waals surface area contributed by atoms with Crippen molar-refractivity contribution >= 4 is 11.6 Å². The maximum atomic E-state index is 12.7. The molecule has 1 aromatic carbocycles. The molecule has 0 saturated carbocycles.